The average molecular weight is 532 g/mol. The van der Waals surface area contributed by atoms with Crippen LogP contribution in [0.2, 0.25) is 0 Å². The molecule has 198 valence electrons. The molecule has 1 aliphatic rings. The van der Waals surface area contributed by atoms with Crippen molar-refractivity contribution in [1.82, 2.24) is 0 Å². The van der Waals surface area contributed by atoms with Crippen LogP contribution in [0.15, 0.2) is 85.0 Å². The topological polar surface area (TPSA) is 61.4 Å². The van der Waals surface area contributed by atoms with Crippen molar-refractivity contribution in [3.05, 3.63) is 113 Å². The largest absolute Gasteiger partial charge is 0.416 e. The molecular weight excluding hydrogens is 510 g/mol. The van der Waals surface area contributed by atoms with E-state index in [1.54, 1.807) is 12.1 Å². The summed E-state index contributed by atoms with van der Waals surface area (Å²) in [6.07, 6.45) is -5.34. The molecule has 1 heterocycles. The molecule has 0 fully saturated rings. The maximum atomic E-state index is 13.0. The van der Waals surface area contributed by atoms with Crippen LogP contribution >= 0.6 is 0 Å². The SMILES string of the molecule is O=C(C=CC=C(c1ccc(C(F)(F)F)cc1)c1ccc(C(F)(F)F)cc1)Nc1cccc2c1CC(O)CN2. The molecule has 3 aromatic carbocycles. The molecule has 0 saturated heterocycles. The number of amides is 1. The fourth-order valence-corrected chi connectivity index (χ4v) is 4.07. The van der Waals surface area contributed by atoms with Crippen LogP contribution in [-0.4, -0.2) is 23.7 Å². The lowest BCUT2D eigenvalue weighted by atomic mass is 9.95. The number of aliphatic hydroxyl groups excluding tert-OH is 1. The Morgan fingerprint density at radius 1 is 0.868 bits per heavy atom. The fourth-order valence-electron chi connectivity index (χ4n) is 4.07. The van der Waals surface area contributed by atoms with E-state index >= 15 is 0 Å². The number of rotatable bonds is 5. The van der Waals surface area contributed by atoms with E-state index in [2.05, 4.69) is 10.6 Å². The highest BCUT2D eigenvalue weighted by atomic mass is 19.4. The lowest BCUT2D eigenvalue weighted by Crippen LogP contribution is -2.28. The van der Waals surface area contributed by atoms with Crippen molar-refractivity contribution < 1.29 is 36.2 Å². The Bertz CT molecular complexity index is 1300. The number of aliphatic hydroxyl groups is 1. The number of β-amino-alcohol motifs (C(OH)–C–C–N with tert-alkyl or cyclic N) is 1. The van der Waals surface area contributed by atoms with Gasteiger partial charge in [-0.15, -0.1) is 0 Å². The van der Waals surface area contributed by atoms with Crippen LogP contribution in [0.1, 0.15) is 27.8 Å². The van der Waals surface area contributed by atoms with Gasteiger partial charge < -0.3 is 15.7 Å². The van der Waals surface area contributed by atoms with Gasteiger partial charge in [0.2, 0.25) is 5.91 Å². The van der Waals surface area contributed by atoms with E-state index in [0.717, 1.165) is 35.5 Å². The fraction of sp³-hybridized carbons (Fsp3) is 0.179. The summed E-state index contributed by atoms with van der Waals surface area (Å²) in [5.41, 5.74) is 1.28. The molecular formula is C28H22F6N2O2. The second-order valence-corrected chi connectivity index (χ2v) is 8.65. The van der Waals surface area contributed by atoms with Crippen molar-refractivity contribution in [1.29, 1.82) is 0 Å². The van der Waals surface area contributed by atoms with Crippen LogP contribution in [0.3, 0.4) is 0 Å². The van der Waals surface area contributed by atoms with Gasteiger partial charge in [-0.2, -0.15) is 26.3 Å². The number of alkyl halides is 6. The minimum absolute atomic E-state index is 0.319. The third kappa shape index (κ3) is 6.44. The van der Waals surface area contributed by atoms with Crippen LogP contribution in [0.5, 0.6) is 0 Å². The van der Waals surface area contributed by atoms with Gasteiger partial charge >= 0.3 is 12.4 Å². The standard InChI is InChI=1S/C28H22F6N2O2/c29-27(30,31)19-11-7-17(8-12-19)22(18-9-13-20(14-10-18)28(32,33)34)3-1-6-26(38)36-25-5-2-4-24-23(25)15-21(37)16-35-24/h1-14,21,35,37H,15-16H2,(H,36,38). The molecule has 3 aromatic rings. The highest BCUT2D eigenvalue weighted by Gasteiger charge is 2.31. The quantitative estimate of drug-likeness (QED) is 0.195. The Kier molecular flexibility index (Phi) is 7.63. The summed E-state index contributed by atoms with van der Waals surface area (Å²) in [7, 11) is 0. The monoisotopic (exact) mass is 532 g/mol. The zero-order chi connectivity index (χ0) is 27.5. The van der Waals surface area contributed by atoms with E-state index in [-0.39, 0.29) is 0 Å². The van der Waals surface area contributed by atoms with Crippen molar-refractivity contribution in [3.63, 3.8) is 0 Å². The van der Waals surface area contributed by atoms with Crippen molar-refractivity contribution in [3.8, 4) is 0 Å². The molecule has 10 heteroatoms. The number of benzene rings is 3. The van der Waals surface area contributed by atoms with Crippen LogP contribution in [0.25, 0.3) is 5.57 Å². The van der Waals surface area contributed by atoms with Crippen LogP contribution in [0.4, 0.5) is 37.7 Å². The van der Waals surface area contributed by atoms with E-state index in [0.29, 0.717) is 35.4 Å². The first-order valence-corrected chi connectivity index (χ1v) is 11.5. The Morgan fingerprint density at radius 3 is 1.95 bits per heavy atom. The minimum Gasteiger partial charge on any atom is -0.391 e. The van der Waals surface area contributed by atoms with Crippen LogP contribution < -0.4 is 10.6 Å². The highest BCUT2D eigenvalue weighted by molar-refractivity contribution is 6.00. The summed E-state index contributed by atoms with van der Waals surface area (Å²) >= 11 is 0. The lowest BCUT2D eigenvalue weighted by Gasteiger charge is -2.24. The molecule has 0 aromatic heterocycles. The predicted molar refractivity (Wildman–Crippen MR) is 132 cm³/mol. The minimum atomic E-state index is -4.54. The molecule has 1 unspecified atom stereocenters. The molecule has 4 nitrogen and oxygen atoms in total. The molecule has 0 spiro atoms. The molecule has 0 radical (unpaired) electrons. The number of anilines is 2. The van der Waals surface area contributed by atoms with Crippen LogP contribution in [-0.2, 0) is 23.6 Å². The summed E-state index contributed by atoms with van der Waals surface area (Å²) in [5, 5.41) is 15.7. The van der Waals surface area contributed by atoms with Crippen molar-refractivity contribution in [2.75, 3.05) is 17.2 Å². The zero-order valence-electron chi connectivity index (χ0n) is 19.7. The summed E-state index contributed by atoms with van der Waals surface area (Å²) in [4.78, 5) is 12.6. The second-order valence-electron chi connectivity index (χ2n) is 8.65. The van der Waals surface area contributed by atoms with Gasteiger partial charge in [-0.1, -0.05) is 42.5 Å². The van der Waals surface area contributed by atoms with Crippen LogP contribution in [0, 0.1) is 0 Å². The maximum absolute atomic E-state index is 13.0. The van der Waals surface area contributed by atoms with Gasteiger partial charge in [-0.3, -0.25) is 4.79 Å². The number of halogens is 6. The Labute approximate surface area is 214 Å². The first-order valence-electron chi connectivity index (χ1n) is 11.5. The first kappa shape index (κ1) is 27.0. The second kappa shape index (κ2) is 10.7. The van der Waals surface area contributed by atoms with Gasteiger partial charge in [0.1, 0.15) is 0 Å². The third-order valence-corrected chi connectivity index (χ3v) is 5.96. The third-order valence-electron chi connectivity index (χ3n) is 5.96. The summed E-state index contributed by atoms with van der Waals surface area (Å²) < 4.78 is 78.0. The van der Waals surface area contributed by atoms with Gasteiger partial charge in [-0.25, -0.2) is 0 Å². The molecule has 1 atom stereocenters. The van der Waals surface area contributed by atoms with E-state index in [9.17, 15) is 36.2 Å². The van der Waals surface area contributed by atoms with E-state index in [1.807, 2.05) is 6.07 Å². The number of nitrogens with one attached hydrogen (secondary N) is 2. The molecule has 1 aliphatic heterocycles. The number of allylic oxidation sites excluding steroid dienone is 2. The number of fused-ring (bicyclic) bond motifs is 1. The maximum Gasteiger partial charge on any atom is 0.416 e. The van der Waals surface area contributed by atoms with Gasteiger partial charge in [0.05, 0.1) is 17.2 Å². The molecule has 0 aliphatic carbocycles. The van der Waals surface area contributed by atoms with E-state index in [4.69, 9.17) is 0 Å². The molecule has 3 N–H and O–H groups in total. The number of carbonyl (C=O) groups excluding carboxylic acids is 1. The summed E-state index contributed by atoms with van der Waals surface area (Å²) in [6.45, 7) is 0.395. The van der Waals surface area contributed by atoms with Crippen molar-refractivity contribution in [2.45, 2.75) is 24.9 Å². The Morgan fingerprint density at radius 2 is 1.42 bits per heavy atom. The van der Waals surface area contributed by atoms with E-state index in [1.165, 1.54) is 42.5 Å². The summed E-state index contributed by atoms with van der Waals surface area (Å²) in [6, 6.07) is 13.7. The molecule has 0 saturated carbocycles. The number of hydrogen-bond acceptors (Lipinski definition) is 3. The highest BCUT2D eigenvalue weighted by Crippen LogP contribution is 2.34. The van der Waals surface area contributed by atoms with Gasteiger partial charge in [0.15, 0.2) is 0 Å². The smallest absolute Gasteiger partial charge is 0.391 e. The average Bonchev–Trinajstić information content (AvgIpc) is 2.86. The van der Waals surface area contributed by atoms with Gasteiger partial charge in [0, 0.05) is 36.0 Å². The Hall–Kier alpha value is -4.05. The van der Waals surface area contributed by atoms with Gasteiger partial charge in [0.25, 0.3) is 0 Å². The van der Waals surface area contributed by atoms with Gasteiger partial charge in [-0.05, 0) is 53.1 Å². The van der Waals surface area contributed by atoms with Crippen molar-refractivity contribution >= 4 is 22.9 Å². The molecule has 1 amide bonds. The normalized spacial score (nSPS) is 15.5. The molecule has 0 bridgehead atoms. The van der Waals surface area contributed by atoms with Crippen molar-refractivity contribution in [2.24, 2.45) is 0 Å². The zero-order valence-corrected chi connectivity index (χ0v) is 19.7. The molecule has 4 rings (SSSR count). The van der Waals surface area contributed by atoms with E-state index < -0.39 is 35.5 Å². The lowest BCUT2D eigenvalue weighted by molar-refractivity contribution is -0.138. The predicted octanol–water partition coefficient (Wildman–Crippen LogP) is 6.68. The first-order chi connectivity index (χ1) is 17.9. The Balaban J connectivity index is 1.61. The number of carbonyl (C=O) groups is 1. The summed E-state index contributed by atoms with van der Waals surface area (Å²) in [5.74, 6) is -0.506. The molecule has 38 heavy (non-hydrogen) atoms. The number of hydrogen-bond donors (Lipinski definition) is 3.